The van der Waals surface area contributed by atoms with Gasteiger partial charge in [-0.25, -0.2) is 0 Å². The number of quaternary nitrogens is 1. The minimum atomic E-state index is -0.370. The molecule has 0 amide bonds. The molecule has 0 spiro atoms. The normalized spacial score (nSPS) is 11.4. The Labute approximate surface area is 129 Å². The van der Waals surface area contributed by atoms with Gasteiger partial charge in [0.15, 0.2) is 0 Å². The topological polar surface area (TPSA) is 43.1 Å². The number of nitro groups is 1. The van der Waals surface area contributed by atoms with Crippen LogP contribution >= 0.6 is 11.8 Å². The molecular weight excluding hydrogens is 284 g/mol. The summed E-state index contributed by atoms with van der Waals surface area (Å²) in [4.78, 5) is 11.6. The summed E-state index contributed by atoms with van der Waals surface area (Å²) in [6.07, 6.45) is 2.06. The van der Waals surface area contributed by atoms with Crippen molar-refractivity contribution in [3.8, 4) is 0 Å². The molecule has 5 heteroatoms. The van der Waals surface area contributed by atoms with Crippen LogP contribution in [0.2, 0.25) is 0 Å². The van der Waals surface area contributed by atoms with Crippen LogP contribution in [0.4, 0.5) is 11.4 Å². The molecule has 0 bridgehead atoms. The number of hydrogen-bond donors (Lipinski definition) is 0. The highest BCUT2D eigenvalue weighted by Crippen LogP contribution is 2.25. The SMILES string of the molecule is CSc1ccc([N+](C)(C)Cc2ccc([N+](=O)[O-])cc2)cc1. The third-order valence-corrected chi connectivity index (χ3v) is 4.24. The van der Waals surface area contributed by atoms with Crippen LogP contribution in [0.1, 0.15) is 5.56 Å². The Hall–Kier alpha value is -1.85. The van der Waals surface area contributed by atoms with Crippen molar-refractivity contribution in [2.45, 2.75) is 11.4 Å². The van der Waals surface area contributed by atoms with E-state index in [-0.39, 0.29) is 10.6 Å². The zero-order valence-corrected chi connectivity index (χ0v) is 13.3. The van der Waals surface area contributed by atoms with Crippen LogP contribution < -0.4 is 4.48 Å². The number of hydrogen-bond acceptors (Lipinski definition) is 3. The number of thioether (sulfide) groups is 1. The Kier molecular flexibility index (Phi) is 4.65. The molecule has 2 rings (SSSR count). The third kappa shape index (κ3) is 3.83. The molecule has 2 aromatic rings. The molecule has 0 atom stereocenters. The van der Waals surface area contributed by atoms with Crippen molar-refractivity contribution in [2.24, 2.45) is 0 Å². The molecule has 0 heterocycles. The van der Waals surface area contributed by atoms with Gasteiger partial charge in [0.25, 0.3) is 5.69 Å². The van der Waals surface area contributed by atoms with Gasteiger partial charge in [0.1, 0.15) is 12.2 Å². The Balaban J connectivity index is 2.17. The second-order valence-corrected chi connectivity index (χ2v) is 6.34. The summed E-state index contributed by atoms with van der Waals surface area (Å²) in [5.74, 6) is 0. The zero-order chi connectivity index (χ0) is 15.5. The first kappa shape index (κ1) is 15.5. The lowest BCUT2D eigenvalue weighted by atomic mass is 10.1. The number of nitrogens with zero attached hydrogens (tertiary/aromatic N) is 2. The molecule has 0 fully saturated rings. The van der Waals surface area contributed by atoms with Gasteiger partial charge in [-0.05, 0) is 30.5 Å². The Morgan fingerprint density at radius 2 is 1.62 bits per heavy atom. The average Bonchev–Trinajstić information content (AvgIpc) is 2.47. The molecule has 0 unspecified atom stereocenters. The lowest BCUT2D eigenvalue weighted by Gasteiger charge is -2.29. The molecule has 0 N–H and O–H groups in total. The van der Waals surface area contributed by atoms with E-state index in [1.807, 2.05) is 12.1 Å². The van der Waals surface area contributed by atoms with Crippen molar-refractivity contribution < 1.29 is 4.92 Å². The first-order valence-corrected chi connectivity index (χ1v) is 7.86. The monoisotopic (exact) mass is 303 g/mol. The number of non-ortho nitro benzene ring substituents is 1. The van der Waals surface area contributed by atoms with E-state index in [0.717, 1.165) is 12.1 Å². The zero-order valence-electron chi connectivity index (χ0n) is 12.4. The van der Waals surface area contributed by atoms with Gasteiger partial charge in [0.05, 0.1) is 19.0 Å². The van der Waals surface area contributed by atoms with Crippen LogP contribution in [0.25, 0.3) is 0 Å². The molecule has 0 saturated carbocycles. The number of nitro benzene ring substituents is 1. The Bertz CT molecular complexity index is 622. The highest BCUT2D eigenvalue weighted by atomic mass is 32.2. The Morgan fingerprint density at radius 1 is 1.05 bits per heavy atom. The van der Waals surface area contributed by atoms with E-state index in [4.69, 9.17) is 0 Å². The van der Waals surface area contributed by atoms with Gasteiger partial charge in [0, 0.05) is 34.7 Å². The third-order valence-electron chi connectivity index (χ3n) is 3.50. The fourth-order valence-corrected chi connectivity index (χ4v) is 2.66. The highest BCUT2D eigenvalue weighted by Gasteiger charge is 2.20. The molecule has 110 valence electrons. The molecule has 0 saturated heterocycles. The maximum absolute atomic E-state index is 10.7. The standard InChI is InChI=1S/C16H19N2O2S/c1-18(2,15-8-10-16(21-3)11-9-15)12-13-4-6-14(7-5-13)17(19)20/h4-11H,12H2,1-3H3/q+1. The largest absolute Gasteiger partial charge is 0.292 e. The smallest absolute Gasteiger partial charge is 0.269 e. The van der Waals surface area contributed by atoms with Gasteiger partial charge in [-0.2, -0.15) is 0 Å². The van der Waals surface area contributed by atoms with Crippen molar-refractivity contribution in [3.05, 3.63) is 64.2 Å². The van der Waals surface area contributed by atoms with Crippen molar-refractivity contribution in [3.63, 3.8) is 0 Å². The van der Waals surface area contributed by atoms with Gasteiger partial charge in [-0.3, -0.25) is 14.6 Å². The maximum atomic E-state index is 10.7. The van der Waals surface area contributed by atoms with E-state index in [1.54, 1.807) is 23.9 Å². The lowest BCUT2D eigenvalue weighted by Crippen LogP contribution is -2.39. The van der Waals surface area contributed by atoms with Crippen LogP contribution in [0.15, 0.2) is 53.4 Å². The maximum Gasteiger partial charge on any atom is 0.269 e. The molecule has 4 nitrogen and oxygen atoms in total. The summed E-state index contributed by atoms with van der Waals surface area (Å²) in [7, 11) is 4.27. The first-order chi connectivity index (χ1) is 9.92. The molecule has 0 aliphatic carbocycles. The van der Waals surface area contributed by atoms with Gasteiger partial charge in [-0.1, -0.05) is 0 Å². The quantitative estimate of drug-likeness (QED) is 0.362. The van der Waals surface area contributed by atoms with Crippen LogP contribution in [-0.2, 0) is 6.54 Å². The van der Waals surface area contributed by atoms with E-state index in [2.05, 4.69) is 44.6 Å². The van der Waals surface area contributed by atoms with Crippen molar-refractivity contribution >= 4 is 23.1 Å². The van der Waals surface area contributed by atoms with Crippen LogP contribution in [0.3, 0.4) is 0 Å². The lowest BCUT2D eigenvalue weighted by molar-refractivity contribution is -0.384. The van der Waals surface area contributed by atoms with Gasteiger partial charge in [0.2, 0.25) is 0 Å². The fourth-order valence-electron chi connectivity index (χ4n) is 2.26. The van der Waals surface area contributed by atoms with Gasteiger partial charge < -0.3 is 0 Å². The predicted octanol–water partition coefficient (Wildman–Crippen LogP) is 4.08. The summed E-state index contributed by atoms with van der Waals surface area (Å²) in [5.41, 5.74) is 2.43. The van der Waals surface area contributed by atoms with E-state index < -0.39 is 0 Å². The summed E-state index contributed by atoms with van der Waals surface area (Å²) in [6, 6.07) is 15.3. The van der Waals surface area contributed by atoms with E-state index in [1.165, 1.54) is 10.6 Å². The number of benzene rings is 2. The van der Waals surface area contributed by atoms with Gasteiger partial charge >= 0.3 is 0 Å². The van der Waals surface area contributed by atoms with E-state index in [0.29, 0.717) is 4.48 Å². The summed E-state index contributed by atoms with van der Waals surface area (Å²) < 4.78 is 0.701. The van der Waals surface area contributed by atoms with Crippen molar-refractivity contribution in [1.82, 2.24) is 4.48 Å². The van der Waals surface area contributed by atoms with Crippen LogP contribution in [-0.4, -0.2) is 25.3 Å². The average molecular weight is 303 g/mol. The predicted molar refractivity (Wildman–Crippen MR) is 88.7 cm³/mol. The van der Waals surface area contributed by atoms with Crippen molar-refractivity contribution in [2.75, 3.05) is 20.4 Å². The fraction of sp³-hybridized carbons (Fsp3) is 0.250. The highest BCUT2D eigenvalue weighted by molar-refractivity contribution is 7.98. The molecule has 0 aliphatic heterocycles. The Morgan fingerprint density at radius 3 is 2.10 bits per heavy atom. The first-order valence-electron chi connectivity index (χ1n) is 6.63. The van der Waals surface area contributed by atoms with Crippen LogP contribution in [0.5, 0.6) is 0 Å². The molecule has 0 aromatic heterocycles. The van der Waals surface area contributed by atoms with Crippen molar-refractivity contribution in [1.29, 1.82) is 0 Å². The molecule has 21 heavy (non-hydrogen) atoms. The summed E-state index contributed by atoms with van der Waals surface area (Å²) >= 11 is 1.73. The van der Waals surface area contributed by atoms with Gasteiger partial charge in [-0.15, -0.1) is 11.8 Å². The second kappa shape index (κ2) is 6.28. The molecule has 0 radical (unpaired) electrons. The number of rotatable bonds is 5. The minimum Gasteiger partial charge on any atom is -0.292 e. The summed E-state index contributed by atoms with van der Waals surface area (Å²) in [5, 5.41) is 10.7. The minimum absolute atomic E-state index is 0.133. The van der Waals surface area contributed by atoms with E-state index in [9.17, 15) is 10.1 Å². The summed E-state index contributed by atoms with van der Waals surface area (Å²) in [6.45, 7) is 0.788. The van der Waals surface area contributed by atoms with Crippen LogP contribution in [0, 0.1) is 10.1 Å². The molecule has 2 aromatic carbocycles. The molecule has 0 aliphatic rings. The molecular formula is C16H19N2O2S+. The van der Waals surface area contributed by atoms with E-state index >= 15 is 0 Å². The second-order valence-electron chi connectivity index (χ2n) is 5.46.